The maximum atomic E-state index is 12.7. The molecule has 0 saturated carbocycles. The van der Waals surface area contributed by atoms with Gasteiger partial charge in [0.05, 0.1) is 12.2 Å². The van der Waals surface area contributed by atoms with Crippen LogP contribution in [0, 0.1) is 0 Å². The molecule has 0 bridgehead atoms. The number of nitrogens with zero attached hydrogens (tertiary/aromatic N) is 1. The van der Waals surface area contributed by atoms with Crippen molar-refractivity contribution >= 4 is 5.91 Å². The van der Waals surface area contributed by atoms with Crippen LogP contribution in [0.25, 0.3) is 0 Å². The summed E-state index contributed by atoms with van der Waals surface area (Å²) in [5.41, 5.74) is 2.71. The first-order valence-corrected chi connectivity index (χ1v) is 10.1. The summed E-state index contributed by atoms with van der Waals surface area (Å²) < 4.78 is 5.73. The summed E-state index contributed by atoms with van der Waals surface area (Å²) in [7, 11) is 0. The van der Waals surface area contributed by atoms with Crippen LogP contribution in [0.3, 0.4) is 0 Å². The van der Waals surface area contributed by atoms with Crippen molar-refractivity contribution < 1.29 is 14.6 Å². The Balaban J connectivity index is 2.22. The van der Waals surface area contributed by atoms with Gasteiger partial charge in [0.25, 0.3) is 0 Å². The van der Waals surface area contributed by atoms with Gasteiger partial charge in [-0.05, 0) is 47.8 Å². The molecular formula is C23H37NO3. The quantitative estimate of drug-likeness (QED) is 0.843. The van der Waals surface area contributed by atoms with Gasteiger partial charge in [0.15, 0.2) is 0 Å². The Hall–Kier alpha value is -1.55. The summed E-state index contributed by atoms with van der Waals surface area (Å²) in [6, 6.07) is 4.14. The van der Waals surface area contributed by atoms with Crippen molar-refractivity contribution in [2.24, 2.45) is 0 Å². The lowest BCUT2D eigenvalue weighted by atomic mass is 9.78. The second kappa shape index (κ2) is 7.83. The Morgan fingerprint density at radius 1 is 1.04 bits per heavy atom. The van der Waals surface area contributed by atoms with Crippen LogP contribution >= 0.6 is 0 Å². The van der Waals surface area contributed by atoms with Crippen LogP contribution in [0.5, 0.6) is 5.75 Å². The molecule has 4 heteroatoms. The van der Waals surface area contributed by atoms with Gasteiger partial charge in [-0.1, -0.05) is 53.7 Å². The molecule has 1 saturated heterocycles. The molecule has 0 aliphatic carbocycles. The predicted octanol–water partition coefficient (Wildman–Crippen LogP) is 4.56. The molecule has 1 amide bonds. The number of rotatable bonds is 3. The second-order valence-corrected chi connectivity index (χ2v) is 10.1. The van der Waals surface area contributed by atoms with Crippen molar-refractivity contribution in [3.63, 3.8) is 0 Å². The van der Waals surface area contributed by atoms with E-state index < -0.39 is 0 Å². The van der Waals surface area contributed by atoms with E-state index in [1.807, 2.05) is 18.7 Å². The number of carbonyl (C=O) groups is 1. The molecular weight excluding hydrogens is 338 g/mol. The number of amides is 1. The number of phenols is 1. The first-order valence-electron chi connectivity index (χ1n) is 10.1. The number of benzene rings is 1. The minimum atomic E-state index is -0.154. The topological polar surface area (TPSA) is 49.8 Å². The maximum Gasteiger partial charge on any atom is 0.223 e. The lowest BCUT2D eigenvalue weighted by Gasteiger charge is -2.35. The number of carbonyl (C=O) groups excluding carboxylic acids is 1. The molecule has 4 nitrogen and oxygen atoms in total. The summed E-state index contributed by atoms with van der Waals surface area (Å²) >= 11 is 0. The number of phenolic OH excluding ortho intramolecular Hbond substituents is 1. The highest BCUT2D eigenvalue weighted by Crippen LogP contribution is 2.40. The number of morpholine rings is 1. The zero-order valence-corrected chi connectivity index (χ0v) is 18.3. The Kier molecular flexibility index (Phi) is 6.30. The van der Waals surface area contributed by atoms with Gasteiger partial charge in [-0.2, -0.15) is 0 Å². The summed E-state index contributed by atoms with van der Waals surface area (Å²) in [5.74, 6) is 0.570. The third kappa shape index (κ3) is 5.47. The van der Waals surface area contributed by atoms with E-state index in [2.05, 4.69) is 53.7 Å². The maximum absolute atomic E-state index is 12.7. The van der Waals surface area contributed by atoms with Crippen LogP contribution in [-0.2, 0) is 26.8 Å². The van der Waals surface area contributed by atoms with Crippen LogP contribution in [0.15, 0.2) is 12.1 Å². The molecule has 1 fully saturated rings. The average Bonchev–Trinajstić information content (AvgIpc) is 2.50. The Labute approximate surface area is 164 Å². The van der Waals surface area contributed by atoms with Crippen molar-refractivity contribution in [3.05, 3.63) is 28.8 Å². The van der Waals surface area contributed by atoms with E-state index in [1.165, 1.54) is 0 Å². The Morgan fingerprint density at radius 3 is 1.89 bits per heavy atom. The SMILES string of the molecule is C[C@@H]1CN(C(=O)CCc2cc(C(C)(C)C)c(O)c(C(C)(C)C)c2)C[C@H](C)O1. The van der Waals surface area contributed by atoms with Gasteiger partial charge in [-0.3, -0.25) is 4.79 Å². The van der Waals surface area contributed by atoms with Gasteiger partial charge in [-0.25, -0.2) is 0 Å². The van der Waals surface area contributed by atoms with Crippen LogP contribution in [-0.4, -0.2) is 41.2 Å². The molecule has 1 aliphatic rings. The Morgan fingerprint density at radius 2 is 1.48 bits per heavy atom. The zero-order valence-electron chi connectivity index (χ0n) is 18.3. The molecule has 0 radical (unpaired) electrons. The first kappa shape index (κ1) is 21.7. The zero-order chi connectivity index (χ0) is 20.6. The molecule has 152 valence electrons. The number of hydrogen-bond acceptors (Lipinski definition) is 3. The lowest BCUT2D eigenvalue weighted by Crippen LogP contribution is -2.48. The summed E-state index contributed by atoms with van der Waals surface area (Å²) in [5, 5.41) is 10.8. The largest absolute Gasteiger partial charge is 0.507 e. The van der Waals surface area contributed by atoms with Crippen molar-refractivity contribution in [3.8, 4) is 5.75 Å². The van der Waals surface area contributed by atoms with Crippen LogP contribution in [0.1, 0.15) is 78.5 Å². The van der Waals surface area contributed by atoms with E-state index in [0.29, 0.717) is 31.7 Å². The van der Waals surface area contributed by atoms with Crippen molar-refractivity contribution in [2.75, 3.05) is 13.1 Å². The third-order valence-electron chi connectivity index (χ3n) is 5.19. The fourth-order valence-electron chi connectivity index (χ4n) is 3.77. The number of ether oxygens (including phenoxy) is 1. The normalized spacial score (nSPS) is 21.4. The first-order chi connectivity index (χ1) is 12.3. The van der Waals surface area contributed by atoms with Gasteiger partial charge in [0, 0.05) is 19.5 Å². The molecule has 0 spiro atoms. The van der Waals surface area contributed by atoms with Crippen molar-refractivity contribution in [1.29, 1.82) is 0 Å². The average molecular weight is 376 g/mol. The standard InChI is InChI=1S/C23H37NO3/c1-15-13-24(14-16(2)27-15)20(25)10-9-17-11-18(22(3,4)5)21(26)19(12-17)23(6,7)8/h11-12,15-16,26H,9-10,13-14H2,1-8H3/t15-,16+. The smallest absolute Gasteiger partial charge is 0.223 e. The van der Waals surface area contributed by atoms with Crippen LogP contribution in [0.4, 0.5) is 0 Å². The number of aryl methyl sites for hydroxylation is 1. The number of hydrogen-bond donors (Lipinski definition) is 1. The minimum Gasteiger partial charge on any atom is -0.507 e. The van der Waals surface area contributed by atoms with Crippen LogP contribution in [0.2, 0.25) is 0 Å². The van der Waals surface area contributed by atoms with Gasteiger partial charge in [0.1, 0.15) is 5.75 Å². The highest BCUT2D eigenvalue weighted by molar-refractivity contribution is 5.76. The van der Waals surface area contributed by atoms with Gasteiger partial charge in [0.2, 0.25) is 5.91 Å². The molecule has 1 aromatic carbocycles. The monoisotopic (exact) mass is 375 g/mol. The van der Waals surface area contributed by atoms with Gasteiger partial charge < -0.3 is 14.7 Å². The van der Waals surface area contributed by atoms with Crippen molar-refractivity contribution in [2.45, 2.75) is 91.3 Å². The van der Waals surface area contributed by atoms with E-state index in [1.54, 1.807) is 0 Å². The van der Waals surface area contributed by atoms with E-state index in [-0.39, 0.29) is 28.9 Å². The van der Waals surface area contributed by atoms with E-state index >= 15 is 0 Å². The summed E-state index contributed by atoms with van der Waals surface area (Å²) in [6.45, 7) is 18.0. The molecule has 1 heterocycles. The fraction of sp³-hybridized carbons (Fsp3) is 0.696. The highest BCUT2D eigenvalue weighted by atomic mass is 16.5. The molecule has 0 unspecified atom stereocenters. The van der Waals surface area contributed by atoms with E-state index in [9.17, 15) is 9.90 Å². The summed E-state index contributed by atoms with van der Waals surface area (Å²) in [4.78, 5) is 14.6. The third-order valence-corrected chi connectivity index (χ3v) is 5.19. The van der Waals surface area contributed by atoms with E-state index in [4.69, 9.17) is 4.74 Å². The molecule has 27 heavy (non-hydrogen) atoms. The number of aromatic hydroxyl groups is 1. The molecule has 1 N–H and O–H groups in total. The highest BCUT2D eigenvalue weighted by Gasteiger charge is 2.28. The fourth-order valence-corrected chi connectivity index (χ4v) is 3.77. The molecule has 2 atom stereocenters. The minimum absolute atomic E-state index is 0.0892. The lowest BCUT2D eigenvalue weighted by molar-refractivity contribution is -0.143. The predicted molar refractivity (Wildman–Crippen MR) is 110 cm³/mol. The van der Waals surface area contributed by atoms with Gasteiger partial charge in [-0.15, -0.1) is 0 Å². The molecule has 1 aromatic rings. The summed E-state index contributed by atoms with van der Waals surface area (Å²) in [6.07, 6.45) is 1.35. The molecule has 1 aliphatic heterocycles. The van der Waals surface area contributed by atoms with Gasteiger partial charge >= 0.3 is 0 Å². The van der Waals surface area contributed by atoms with Crippen molar-refractivity contribution in [1.82, 2.24) is 4.90 Å². The second-order valence-electron chi connectivity index (χ2n) is 10.1. The molecule has 0 aromatic heterocycles. The van der Waals surface area contributed by atoms with E-state index in [0.717, 1.165) is 16.7 Å². The van der Waals surface area contributed by atoms with Crippen LogP contribution < -0.4 is 0 Å². The molecule has 2 rings (SSSR count). The Bertz CT molecular complexity index is 637.